The third kappa shape index (κ3) is 4.21. The van der Waals surface area contributed by atoms with Gasteiger partial charge < -0.3 is 15.6 Å². The van der Waals surface area contributed by atoms with Gasteiger partial charge in [0.05, 0.1) is 5.54 Å². The lowest BCUT2D eigenvalue weighted by molar-refractivity contribution is -0.124. The van der Waals surface area contributed by atoms with Crippen molar-refractivity contribution in [2.24, 2.45) is 12.8 Å². The van der Waals surface area contributed by atoms with Crippen molar-refractivity contribution in [2.75, 3.05) is 5.75 Å². The van der Waals surface area contributed by atoms with Crippen molar-refractivity contribution in [3.8, 4) is 0 Å². The van der Waals surface area contributed by atoms with E-state index in [0.717, 1.165) is 43.0 Å². The largest absolute Gasteiger partial charge is 0.368 e. The third-order valence-electron chi connectivity index (χ3n) is 3.62. The van der Waals surface area contributed by atoms with E-state index >= 15 is 0 Å². The Morgan fingerprint density at radius 1 is 1.60 bits per heavy atom. The van der Waals surface area contributed by atoms with Crippen molar-refractivity contribution < 1.29 is 4.79 Å². The van der Waals surface area contributed by atoms with E-state index in [2.05, 4.69) is 15.5 Å². The molecule has 0 bridgehead atoms. The lowest BCUT2D eigenvalue weighted by atomic mass is 9.94. The van der Waals surface area contributed by atoms with Gasteiger partial charge in [-0.1, -0.05) is 18.2 Å². The number of hydrogen-bond acceptors (Lipinski definition) is 5. The van der Waals surface area contributed by atoms with Crippen molar-refractivity contribution in [1.82, 2.24) is 20.1 Å². The van der Waals surface area contributed by atoms with Crippen molar-refractivity contribution in [3.05, 3.63) is 6.33 Å². The summed E-state index contributed by atoms with van der Waals surface area (Å²) in [4.78, 5) is 11.6. The van der Waals surface area contributed by atoms with Gasteiger partial charge in [0.2, 0.25) is 5.91 Å². The van der Waals surface area contributed by atoms with Gasteiger partial charge in [-0.15, -0.1) is 10.2 Å². The van der Waals surface area contributed by atoms with E-state index in [1.165, 1.54) is 0 Å². The van der Waals surface area contributed by atoms with Crippen molar-refractivity contribution >= 4 is 17.7 Å². The van der Waals surface area contributed by atoms with E-state index in [1.54, 1.807) is 18.1 Å². The molecule has 1 heterocycles. The third-order valence-corrected chi connectivity index (χ3v) is 4.74. The maximum absolute atomic E-state index is 11.6. The Morgan fingerprint density at radius 2 is 2.35 bits per heavy atom. The van der Waals surface area contributed by atoms with Crippen LogP contribution >= 0.6 is 11.8 Å². The SMILES string of the molecule is Cn1cnnc1SCCCCC(C)(NC1CC1)C(N)=O. The second-order valence-corrected chi connectivity index (χ2v) is 6.71. The molecule has 7 heteroatoms. The van der Waals surface area contributed by atoms with Crippen molar-refractivity contribution in [1.29, 1.82) is 0 Å². The van der Waals surface area contributed by atoms with Gasteiger partial charge >= 0.3 is 0 Å². The molecule has 1 aromatic heterocycles. The average Bonchev–Trinajstić information content (AvgIpc) is 3.10. The molecule has 0 saturated heterocycles. The highest BCUT2D eigenvalue weighted by atomic mass is 32.2. The van der Waals surface area contributed by atoms with E-state index in [0.29, 0.717) is 6.04 Å². The van der Waals surface area contributed by atoms with Crippen molar-refractivity contribution in [3.63, 3.8) is 0 Å². The molecule has 0 spiro atoms. The number of rotatable bonds is 9. The number of nitrogens with two attached hydrogens (primary N) is 1. The molecule has 2 rings (SSSR count). The van der Waals surface area contributed by atoms with Gasteiger partial charge in [0.25, 0.3) is 0 Å². The van der Waals surface area contributed by atoms with Crippen LogP contribution in [-0.2, 0) is 11.8 Å². The lowest BCUT2D eigenvalue weighted by Crippen LogP contribution is -2.53. The molecule has 1 saturated carbocycles. The molecule has 0 aliphatic heterocycles. The van der Waals surface area contributed by atoms with Crippen LogP contribution in [-0.4, -0.2) is 38.0 Å². The van der Waals surface area contributed by atoms with Crippen LogP contribution in [0, 0.1) is 0 Å². The molecular formula is C13H23N5OS. The van der Waals surface area contributed by atoms with Gasteiger partial charge in [-0.05, 0) is 32.6 Å². The molecule has 1 amide bonds. The Labute approximate surface area is 123 Å². The number of aryl methyl sites for hydroxylation is 1. The molecule has 3 N–H and O–H groups in total. The molecule has 1 aromatic rings. The summed E-state index contributed by atoms with van der Waals surface area (Å²) in [5.41, 5.74) is 4.97. The van der Waals surface area contributed by atoms with E-state index in [1.807, 2.05) is 18.5 Å². The predicted molar refractivity (Wildman–Crippen MR) is 79.3 cm³/mol. The number of nitrogens with zero attached hydrogens (tertiary/aromatic N) is 3. The summed E-state index contributed by atoms with van der Waals surface area (Å²) >= 11 is 1.69. The molecule has 1 atom stereocenters. The molecule has 0 radical (unpaired) electrons. The maximum atomic E-state index is 11.6. The minimum Gasteiger partial charge on any atom is -0.368 e. The number of nitrogens with one attached hydrogen (secondary N) is 1. The minimum absolute atomic E-state index is 0.245. The molecule has 1 aliphatic rings. The standard InChI is InChI=1S/C13H23N5OS/c1-13(11(14)19,16-10-5-6-10)7-3-4-8-20-12-17-15-9-18(12)2/h9-10,16H,3-8H2,1-2H3,(H2,14,19). The summed E-state index contributed by atoms with van der Waals surface area (Å²) in [6, 6.07) is 0.487. The minimum atomic E-state index is -0.559. The Kier molecular flexibility index (Phi) is 5.04. The first-order valence-electron chi connectivity index (χ1n) is 7.06. The van der Waals surface area contributed by atoms with Crippen molar-refractivity contribution in [2.45, 2.75) is 55.8 Å². The average molecular weight is 297 g/mol. The first kappa shape index (κ1) is 15.3. The summed E-state index contributed by atoms with van der Waals surface area (Å²) in [5.74, 6) is 0.732. The van der Waals surface area contributed by atoms with Crippen LogP contribution in [0.15, 0.2) is 11.5 Å². The monoisotopic (exact) mass is 297 g/mol. The molecule has 6 nitrogen and oxygen atoms in total. The van der Waals surface area contributed by atoms with E-state index in [9.17, 15) is 4.79 Å². The van der Waals surface area contributed by atoms with Gasteiger partial charge in [0, 0.05) is 18.8 Å². The number of carbonyl (C=O) groups is 1. The normalized spacial score (nSPS) is 17.9. The number of unbranched alkanes of at least 4 members (excludes halogenated alkanes) is 1. The number of aromatic nitrogens is 3. The number of thioether (sulfide) groups is 1. The van der Waals surface area contributed by atoms with Gasteiger partial charge in [0.15, 0.2) is 5.16 Å². The topological polar surface area (TPSA) is 85.8 Å². The molecular weight excluding hydrogens is 274 g/mol. The number of hydrogen-bond donors (Lipinski definition) is 2. The first-order chi connectivity index (χ1) is 9.51. The highest BCUT2D eigenvalue weighted by Gasteiger charge is 2.36. The molecule has 1 fully saturated rings. The number of carbonyl (C=O) groups excluding carboxylic acids is 1. The van der Waals surface area contributed by atoms with Gasteiger partial charge in [-0.25, -0.2) is 0 Å². The first-order valence-corrected chi connectivity index (χ1v) is 8.04. The fourth-order valence-electron chi connectivity index (χ4n) is 2.09. The van der Waals surface area contributed by atoms with Crippen LogP contribution in [0.25, 0.3) is 0 Å². The predicted octanol–water partition coefficient (Wildman–Crippen LogP) is 1.07. The number of amides is 1. The Balaban J connectivity index is 1.68. The summed E-state index contributed by atoms with van der Waals surface area (Å²) in [7, 11) is 1.94. The van der Waals surface area contributed by atoms with Gasteiger partial charge in [-0.2, -0.15) is 0 Å². The molecule has 20 heavy (non-hydrogen) atoms. The number of primary amides is 1. The Bertz CT molecular complexity index is 459. The maximum Gasteiger partial charge on any atom is 0.237 e. The van der Waals surface area contributed by atoms with Crippen LogP contribution in [0.5, 0.6) is 0 Å². The van der Waals surface area contributed by atoms with E-state index in [4.69, 9.17) is 5.73 Å². The summed E-state index contributed by atoms with van der Waals surface area (Å²) in [5, 5.41) is 12.2. The summed E-state index contributed by atoms with van der Waals surface area (Å²) in [6.45, 7) is 1.92. The fraction of sp³-hybridized carbons (Fsp3) is 0.769. The Morgan fingerprint density at radius 3 is 2.90 bits per heavy atom. The van der Waals surface area contributed by atoms with Gasteiger partial charge in [0.1, 0.15) is 6.33 Å². The highest BCUT2D eigenvalue weighted by Crippen LogP contribution is 2.25. The van der Waals surface area contributed by atoms with Crippen LogP contribution in [0.2, 0.25) is 0 Å². The zero-order valence-corrected chi connectivity index (χ0v) is 12.9. The zero-order chi connectivity index (χ0) is 14.6. The van der Waals surface area contributed by atoms with Crippen LogP contribution in [0.3, 0.4) is 0 Å². The van der Waals surface area contributed by atoms with Crippen LogP contribution in [0.1, 0.15) is 39.0 Å². The summed E-state index contributed by atoms with van der Waals surface area (Å²) in [6.07, 6.45) is 6.82. The fourth-order valence-corrected chi connectivity index (χ4v) is 2.98. The quantitative estimate of drug-likeness (QED) is 0.526. The highest BCUT2D eigenvalue weighted by molar-refractivity contribution is 7.99. The second kappa shape index (κ2) is 6.58. The molecule has 1 aliphatic carbocycles. The molecule has 112 valence electrons. The summed E-state index contributed by atoms with van der Waals surface area (Å²) < 4.78 is 1.91. The smallest absolute Gasteiger partial charge is 0.237 e. The van der Waals surface area contributed by atoms with E-state index in [-0.39, 0.29) is 5.91 Å². The van der Waals surface area contributed by atoms with Gasteiger partial charge in [-0.3, -0.25) is 4.79 Å². The molecule has 1 unspecified atom stereocenters. The van der Waals surface area contributed by atoms with Crippen LogP contribution < -0.4 is 11.1 Å². The van der Waals surface area contributed by atoms with Crippen LogP contribution in [0.4, 0.5) is 0 Å². The lowest BCUT2D eigenvalue weighted by Gasteiger charge is -2.27. The zero-order valence-electron chi connectivity index (χ0n) is 12.1. The molecule has 0 aromatic carbocycles. The van der Waals surface area contributed by atoms with E-state index < -0.39 is 5.54 Å². The Hall–Kier alpha value is -1.08. The second-order valence-electron chi connectivity index (χ2n) is 5.64.